The highest BCUT2D eigenvalue weighted by molar-refractivity contribution is 7.98. The zero-order valence-electron chi connectivity index (χ0n) is 10.7. The molecule has 1 amide bonds. The van der Waals surface area contributed by atoms with Crippen LogP contribution in [0.2, 0.25) is 0 Å². The van der Waals surface area contributed by atoms with E-state index in [0.717, 1.165) is 5.75 Å². The fourth-order valence-corrected chi connectivity index (χ4v) is 2.14. The summed E-state index contributed by atoms with van der Waals surface area (Å²) >= 11 is 1.66. The second kappa shape index (κ2) is 7.38. The van der Waals surface area contributed by atoms with E-state index in [9.17, 15) is 9.18 Å². The predicted octanol–water partition coefficient (Wildman–Crippen LogP) is 2.26. The van der Waals surface area contributed by atoms with E-state index in [2.05, 4.69) is 0 Å². The standard InChI is InChI=1S/C13H19FN2OS/c1-3-16(11-6-4-10(14)5-7-11)13(17)12(15)8-9-18-2/h4-7,12H,3,8-9,15H2,1-2H3/t12-/m1/s1. The molecular formula is C13H19FN2OS. The number of likely N-dealkylation sites (N-methyl/N-ethyl adjacent to an activating group) is 1. The topological polar surface area (TPSA) is 46.3 Å². The highest BCUT2D eigenvalue weighted by Crippen LogP contribution is 2.16. The Morgan fingerprint density at radius 3 is 2.56 bits per heavy atom. The van der Waals surface area contributed by atoms with Crippen LogP contribution < -0.4 is 10.6 Å². The zero-order chi connectivity index (χ0) is 13.5. The fourth-order valence-electron chi connectivity index (χ4n) is 1.66. The van der Waals surface area contributed by atoms with Gasteiger partial charge in [-0.05, 0) is 49.6 Å². The van der Waals surface area contributed by atoms with Crippen molar-refractivity contribution in [1.82, 2.24) is 0 Å². The smallest absolute Gasteiger partial charge is 0.243 e. The van der Waals surface area contributed by atoms with Gasteiger partial charge in [0.2, 0.25) is 5.91 Å². The minimum absolute atomic E-state index is 0.113. The monoisotopic (exact) mass is 270 g/mol. The molecule has 0 unspecified atom stereocenters. The number of hydrogen-bond donors (Lipinski definition) is 1. The Morgan fingerprint density at radius 2 is 2.06 bits per heavy atom. The molecule has 0 saturated heterocycles. The van der Waals surface area contributed by atoms with Gasteiger partial charge in [0.05, 0.1) is 6.04 Å². The third-order valence-corrected chi connectivity index (χ3v) is 3.31. The van der Waals surface area contributed by atoms with Crippen molar-refractivity contribution in [3.8, 4) is 0 Å². The Morgan fingerprint density at radius 1 is 1.44 bits per heavy atom. The molecular weight excluding hydrogens is 251 g/mol. The number of benzene rings is 1. The lowest BCUT2D eigenvalue weighted by molar-refractivity contribution is -0.119. The molecule has 0 saturated carbocycles. The van der Waals surface area contributed by atoms with E-state index in [1.165, 1.54) is 12.1 Å². The number of nitrogens with two attached hydrogens (primary N) is 1. The molecule has 0 aliphatic carbocycles. The molecule has 0 spiro atoms. The number of carbonyl (C=O) groups excluding carboxylic acids is 1. The van der Waals surface area contributed by atoms with Crippen LogP contribution in [0.1, 0.15) is 13.3 Å². The van der Waals surface area contributed by atoms with E-state index in [-0.39, 0.29) is 11.7 Å². The van der Waals surface area contributed by atoms with Gasteiger partial charge in [-0.3, -0.25) is 4.79 Å². The van der Waals surface area contributed by atoms with Crippen molar-refractivity contribution in [3.05, 3.63) is 30.1 Å². The Labute approximate surface area is 112 Å². The minimum atomic E-state index is -0.498. The van der Waals surface area contributed by atoms with Crippen LogP contribution in [0.5, 0.6) is 0 Å². The molecule has 1 atom stereocenters. The molecule has 1 aromatic rings. The molecule has 100 valence electrons. The molecule has 0 bridgehead atoms. The highest BCUT2D eigenvalue weighted by atomic mass is 32.2. The summed E-state index contributed by atoms with van der Waals surface area (Å²) in [6.45, 7) is 2.40. The molecule has 0 radical (unpaired) electrons. The first-order chi connectivity index (χ1) is 8.60. The second-order valence-corrected chi connectivity index (χ2v) is 4.93. The summed E-state index contributed by atoms with van der Waals surface area (Å²) in [4.78, 5) is 13.8. The van der Waals surface area contributed by atoms with Crippen LogP contribution in [0.15, 0.2) is 24.3 Å². The van der Waals surface area contributed by atoms with Crippen LogP contribution >= 0.6 is 11.8 Å². The third kappa shape index (κ3) is 3.99. The van der Waals surface area contributed by atoms with Gasteiger partial charge in [0.25, 0.3) is 0 Å². The first kappa shape index (κ1) is 15.0. The van der Waals surface area contributed by atoms with Crippen LogP contribution in [0, 0.1) is 5.82 Å². The molecule has 18 heavy (non-hydrogen) atoms. The van der Waals surface area contributed by atoms with Crippen molar-refractivity contribution in [3.63, 3.8) is 0 Å². The quantitative estimate of drug-likeness (QED) is 0.862. The maximum atomic E-state index is 12.8. The number of halogens is 1. The van der Waals surface area contributed by atoms with Gasteiger partial charge in [-0.15, -0.1) is 0 Å². The average Bonchev–Trinajstić information content (AvgIpc) is 2.38. The van der Waals surface area contributed by atoms with E-state index in [4.69, 9.17) is 5.73 Å². The number of nitrogens with zero attached hydrogens (tertiary/aromatic N) is 1. The Bertz CT molecular complexity index is 383. The zero-order valence-corrected chi connectivity index (χ0v) is 11.5. The van der Waals surface area contributed by atoms with Crippen molar-refractivity contribution >= 4 is 23.4 Å². The molecule has 3 nitrogen and oxygen atoms in total. The first-order valence-corrected chi connectivity index (χ1v) is 7.31. The molecule has 1 rings (SSSR count). The number of amides is 1. The van der Waals surface area contributed by atoms with E-state index >= 15 is 0 Å². The fraction of sp³-hybridized carbons (Fsp3) is 0.462. The first-order valence-electron chi connectivity index (χ1n) is 5.91. The van der Waals surface area contributed by atoms with Crippen LogP contribution in [-0.4, -0.2) is 30.5 Å². The average molecular weight is 270 g/mol. The number of anilines is 1. The molecule has 0 aromatic heterocycles. The van der Waals surface area contributed by atoms with Gasteiger partial charge in [0.1, 0.15) is 5.82 Å². The molecule has 0 heterocycles. The van der Waals surface area contributed by atoms with Gasteiger partial charge in [-0.25, -0.2) is 4.39 Å². The van der Waals surface area contributed by atoms with E-state index in [1.807, 2.05) is 13.2 Å². The Hall–Kier alpha value is -1.07. The Balaban J connectivity index is 2.76. The van der Waals surface area contributed by atoms with Crippen LogP contribution in [0.3, 0.4) is 0 Å². The number of thioether (sulfide) groups is 1. The summed E-state index contributed by atoms with van der Waals surface area (Å²) in [5.41, 5.74) is 6.55. The predicted molar refractivity (Wildman–Crippen MR) is 75.4 cm³/mol. The van der Waals surface area contributed by atoms with Gasteiger partial charge in [0, 0.05) is 12.2 Å². The van der Waals surface area contributed by atoms with Crippen molar-refractivity contribution in [2.24, 2.45) is 5.73 Å². The van der Waals surface area contributed by atoms with E-state index in [0.29, 0.717) is 18.7 Å². The number of hydrogen-bond acceptors (Lipinski definition) is 3. The van der Waals surface area contributed by atoms with E-state index in [1.54, 1.807) is 28.8 Å². The van der Waals surface area contributed by atoms with Gasteiger partial charge >= 0.3 is 0 Å². The van der Waals surface area contributed by atoms with Crippen molar-refractivity contribution in [1.29, 1.82) is 0 Å². The maximum Gasteiger partial charge on any atom is 0.243 e. The molecule has 1 aromatic carbocycles. The van der Waals surface area contributed by atoms with Gasteiger partial charge in [-0.2, -0.15) is 11.8 Å². The van der Waals surface area contributed by atoms with Crippen LogP contribution in [-0.2, 0) is 4.79 Å². The lowest BCUT2D eigenvalue weighted by Crippen LogP contribution is -2.44. The van der Waals surface area contributed by atoms with Crippen molar-refractivity contribution < 1.29 is 9.18 Å². The highest BCUT2D eigenvalue weighted by Gasteiger charge is 2.20. The van der Waals surface area contributed by atoms with E-state index < -0.39 is 6.04 Å². The number of carbonyl (C=O) groups is 1. The largest absolute Gasteiger partial charge is 0.320 e. The molecule has 2 N–H and O–H groups in total. The minimum Gasteiger partial charge on any atom is -0.320 e. The van der Waals surface area contributed by atoms with Crippen molar-refractivity contribution in [2.45, 2.75) is 19.4 Å². The summed E-state index contributed by atoms with van der Waals surface area (Å²) in [5, 5.41) is 0. The molecule has 5 heteroatoms. The summed E-state index contributed by atoms with van der Waals surface area (Å²) in [7, 11) is 0. The molecule has 0 fully saturated rings. The number of rotatable bonds is 6. The van der Waals surface area contributed by atoms with Gasteiger partial charge in [-0.1, -0.05) is 0 Å². The molecule has 0 aliphatic rings. The summed E-state index contributed by atoms with van der Waals surface area (Å²) in [6, 6.07) is 5.38. The van der Waals surface area contributed by atoms with Crippen molar-refractivity contribution in [2.75, 3.05) is 23.5 Å². The SMILES string of the molecule is CCN(C(=O)[C@H](N)CCSC)c1ccc(F)cc1. The normalized spacial score (nSPS) is 12.2. The van der Waals surface area contributed by atoms with Gasteiger partial charge in [0.15, 0.2) is 0 Å². The molecule has 0 aliphatic heterocycles. The Kier molecular flexibility index (Phi) is 6.15. The third-order valence-electron chi connectivity index (χ3n) is 2.67. The summed E-state index contributed by atoms with van der Waals surface area (Å²) < 4.78 is 12.8. The lowest BCUT2D eigenvalue weighted by Gasteiger charge is -2.24. The maximum absolute atomic E-state index is 12.8. The summed E-state index contributed by atoms with van der Waals surface area (Å²) in [5.74, 6) is 0.431. The van der Waals surface area contributed by atoms with Crippen LogP contribution in [0.25, 0.3) is 0 Å². The summed E-state index contributed by atoms with van der Waals surface area (Å²) in [6.07, 6.45) is 2.63. The second-order valence-electron chi connectivity index (χ2n) is 3.95. The van der Waals surface area contributed by atoms with Crippen LogP contribution in [0.4, 0.5) is 10.1 Å². The lowest BCUT2D eigenvalue weighted by atomic mass is 10.2. The van der Waals surface area contributed by atoms with Gasteiger partial charge < -0.3 is 10.6 Å².